The lowest BCUT2D eigenvalue weighted by Crippen LogP contribution is -2.47. The zero-order valence-corrected chi connectivity index (χ0v) is 18.5. The van der Waals surface area contributed by atoms with Gasteiger partial charge in [0.1, 0.15) is 12.4 Å². The lowest BCUT2D eigenvalue weighted by Gasteiger charge is -2.35. The molecule has 2 unspecified atom stereocenters. The summed E-state index contributed by atoms with van der Waals surface area (Å²) in [6, 6.07) is 6.67. The Balaban J connectivity index is 1.68. The number of aliphatic imine (C=N–C) groups is 1. The number of hydrogen-bond acceptors (Lipinski definition) is 5. The lowest BCUT2D eigenvalue weighted by atomic mass is 10.0. The van der Waals surface area contributed by atoms with E-state index in [1.165, 1.54) is 17.0 Å². The maximum Gasteiger partial charge on any atom is 0.243 e. The third-order valence-corrected chi connectivity index (χ3v) is 5.66. The van der Waals surface area contributed by atoms with Crippen LogP contribution in [0.15, 0.2) is 29.3 Å². The van der Waals surface area contributed by atoms with E-state index in [-0.39, 0.29) is 24.3 Å². The first-order valence-electron chi connectivity index (χ1n) is 10.9. The van der Waals surface area contributed by atoms with Crippen molar-refractivity contribution in [2.75, 3.05) is 73.2 Å². The van der Waals surface area contributed by atoms with Crippen molar-refractivity contribution in [3.8, 4) is 0 Å². The van der Waals surface area contributed by atoms with Crippen molar-refractivity contribution in [2.45, 2.75) is 12.5 Å². The summed E-state index contributed by atoms with van der Waals surface area (Å²) in [5.74, 6) is 0.724. The number of benzene rings is 1. The number of amides is 1. The summed E-state index contributed by atoms with van der Waals surface area (Å²) < 4.78 is 24.4. The largest absolute Gasteiger partial charge is 0.381 e. The number of nitrogens with zero attached hydrogens (tertiary/aromatic N) is 3. The summed E-state index contributed by atoms with van der Waals surface area (Å²) in [6.45, 7) is 5.88. The molecule has 0 radical (unpaired) electrons. The third kappa shape index (κ3) is 7.45. The molecule has 172 valence electrons. The third-order valence-electron chi connectivity index (χ3n) is 5.66. The number of morpholine rings is 1. The SMILES string of the molecule is CN(C)C(=O)CN=C(NCC1CCOC1)NCC(c1ccc(F)cc1)N1CCOCC1. The molecule has 3 rings (SSSR count). The van der Waals surface area contributed by atoms with Gasteiger partial charge >= 0.3 is 0 Å². The molecule has 9 heteroatoms. The smallest absolute Gasteiger partial charge is 0.243 e. The second kappa shape index (κ2) is 12.0. The van der Waals surface area contributed by atoms with Gasteiger partial charge in [-0.3, -0.25) is 9.69 Å². The topological polar surface area (TPSA) is 78.4 Å². The van der Waals surface area contributed by atoms with Crippen molar-refractivity contribution in [3.05, 3.63) is 35.6 Å². The van der Waals surface area contributed by atoms with Gasteiger partial charge in [0.2, 0.25) is 5.91 Å². The number of halogens is 1. The average molecular weight is 436 g/mol. The maximum absolute atomic E-state index is 13.5. The first-order chi connectivity index (χ1) is 15.0. The number of carbonyl (C=O) groups is 1. The van der Waals surface area contributed by atoms with Crippen molar-refractivity contribution in [3.63, 3.8) is 0 Å². The molecule has 1 amide bonds. The van der Waals surface area contributed by atoms with Crippen molar-refractivity contribution >= 4 is 11.9 Å². The van der Waals surface area contributed by atoms with Gasteiger partial charge in [-0.05, 0) is 24.1 Å². The van der Waals surface area contributed by atoms with E-state index >= 15 is 0 Å². The van der Waals surface area contributed by atoms with Gasteiger partial charge < -0.3 is 25.0 Å². The van der Waals surface area contributed by atoms with E-state index < -0.39 is 0 Å². The first kappa shape index (κ1) is 23.4. The van der Waals surface area contributed by atoms with Gasteiger partial charge in [0, 0.05) is 52.8 Å². The molecule has 1 aromatic rings. The molecule has 2 heterocycles. The predicted octanol–water partition coefficient (Wildman–Crippen LogP) is 0.859. The molecule has 31 heavy (non-hydrogen) atoms. The van der Waals surface area contributed by atoms with Gasteiger partial charge in [-0.25, -0.2) is 9.38 Å². The molecule has 2 fully saturated rings. The van der Waals surface area contributed by atoms with Crippen molar-refractivity contribution in [1.82, 2.24) is 20.4 Å². The Morgan fingerprint density at radius 1 is 1.19 bits per heavy atom. The van der Waals surface area contributed by atoms with Crippen molar-refractivity contribution < 1.29 is 18.7 Å². The maximum atomic E-state index is 13.5. The summed E-state index contributed by atoms with van der Waals surface area (Å²) in [4.78, 5) is 20.4. The summed E-state index contributed by atoms with van der Waals surface area (Å²) in [5.41, 5.74) is 1.03. The Hall–Kier alpha value is -2.23. The van der Waals surface area contributed by atoms with Gasteiger partial charge in [0.05, 0.1) is 25.9 Å². The van der Waals surface area contributed by atoms with Gasteiger partial charge in [0.25, 0.3) is 0 Å². The quantitative estimate of drug-likeness (QED) is 0.466. The Bertz CT molecular complexity index is 716. The highest BCUT2D eigenvalue weighted by Gasteiger charge is 2.23. The van der Waals surface area contributed by atoms with E-state index in [0.29, 0.717) is 31.6 Å². The Morgan fingerprint density at radius 2 is 1.94 bits per heavy atom. The number of nitrogens with one attached hydrogen (secondary N) is 2. The van der Waals surface area contributed by atoms with Crippen molar-refractivity contribution in [1.29, 1.82) is 0 Å². The van der Waals surface area contributed by atoms with Gasteiger partial charge in [0.15, 0.2) is 5.96 Å². The fourth-order valence-corrected chi connectivity index (χ4v) is 3.67. The molecule has 0 aliphatic carbocycles. The van der Waals surface area contributed by atoms with Crippen LogP contribution in [0.25, 0.3) is 0 Å². The monoisotopic (exact) mass is 435 g/mol. The Kier molecular flexibility index (Phi) is 9.05. The molecule has 2 aliphatic heterocycles. The highest BCUT2D eigenvalue weighted by Crippen LogP contribution is 2.21. The molecule has 8 nitrogen and oxygen atoms in total. The highest BCUT2D eigenvalue weighted by molar-refractivity contribution is 5.84. The Morgan fingerprint density at radius 3 is 2.58 bits per heavy atom. The second-order valence-electron chi connectivity index (χ2n) is 8.16. The van der Waals surface area contributed by atoms with E-state index in [9.17, 15) is 9.18 Å². The normalized spacial score (nSPS) is 21.0. The van der Waals surface area contributed by atoms with Crippen LogP contribution >= 0.6 is 0 Å². The number of hydrogen-bond donors (Lipinski definition) is 2. The highest BCUT2D eigenvalue weighted by atomic mass is 19.1. The van der Waals surface area contributed by atoms with Crippen molar-refractivity contribution in [2.24, 2.45) is 10.9 Å². The number of guanidine groups is 1. The van der Waals surface area contributed by atoms with E-state index in [0.717, 1.165) is 44.8 Å². The van der Waals surface area contributed by atoms with Gasteiger partial charge in [-0.15, -0.1) is 0 Å². The second-order valence-corrected chi connectivity index (χ2v) is 8.16. The molecule has 2 atom stereocenters. The van der Waals surface area contributed by atoms with E-state index in [4.69, 9.17) is 9.47 Å². The minimum atomic E-state index is -0.248. The summed E-state index contributed by atoms with van der Waals surface area (Å²) in [6.07, 6.45) is 1.02. The fraction of sp³-hybridized carbons (Fsp3) is 0.636. The molecular weight excluding hydrogens is 401 g/mol. The fourth-order valence-electron chi connectivity index (χ4n) is 3.67. The van der Waals surface area contributed by atoms with E-state index in [1.807, 2.05) is 12.1 Å². The summed E-state index contributed by atoms with van der Waals surface area (Å²) >= 11 is 0. The minimum absolute atomic E-state index is 0.0378. The average Bonchev–Trinajstić information content (AvgIpc) is 3.30. The zero-order chi connectivity index (χ0) is 22.1. The summed E-state index contributed by atoms with van der Waals surface area (Å²) in [7, 11) is 3.44. The number of carbonyl (C=O) groups excluding carboxylic acids is 1. The molecule has 0 aromatic heterocycles. The van der Waals surface area contributed by atoms with Crippen LogP contribution < -0.4 is 10.6 Å². The van der Waals surface area contributed by atoms with Crippen LogP contribution in [0.2, 0.25) is 0 Å². The van der Waals surface area contributed by atoms with Crippen LogP contribution in [0.4, 0.5) is 4.39 Å². The van der Waals surface area contributed by atoms with Crippen LogP contribution in [-0.4, -0.2) is 94.9 Å². The Labute approximate surface area is 183 Å². The van der Waals surface area contributed by atoms with E-state index in [1.54, 1.807) is 14.1 Å². The number of rotatable bonds is 8. The van der Waals surface area contributed by atoms with Crippen LogP contribution in [0.1, 0.15) is 18.0 Å². The van der Waals surface area contributed by atoms with E-state index in [2.05, 4.69) is 20.5 Å². The molecule has 0 saturated carbocycles. The molecule has 0 spiro atoms. The molecule has 2 saturated heterocycles. The molecule has 2 aliphatic rings. The molecule has 0 bridgehead atoms. The molecule has 2 N–H and O–H groups in total. The van der Waals surface area contributed by atoms with Gasteiger partial charge in [-0.2, -0.15) is 0 Å². The lowest BCUT2D eigenvalue weighted by molar-refractivity contribution is -0.127. The zero-order valence-electron chi connectivity index (χ0n) is 18.5. The van der Waals surface area contributed by atoms with Crippen LogP contribution in [0.5, 0.6) is 0 Å². The molecular formula is C22H34FN5O3. The van der Waals surface area contributed by atoms with Crippen LogP contribution in [0, 0.1) is 11.7 Å². The first-order valence-corrected chi connectivity index (χ1v) is 10.9. The predicted molar refractivity (Wildman–Crippen MR) is 117 cm³/mol. The number of likely N-dealkylation sites (N-methyl/N-ethyl adjacent to an activating group) is 1. The molecule has 1 aromatic carbocycles. The number of ether oxygens (including phenoxy) is 2. The van der Waals surface area contributed by atoms with Crippen LogP contribution in [-0.2, 0) is 14.3 Å². The minimum Gasteiger partial charge on any atom is -0.381 e. The van der Waals surface area contributed by atoms with Crippen LogP contribution in [0.3, 0.4) is 0 Å². The van der Waals surface area contributed by atoms with Gasteiger partial charge in [-0.1, -0.05) is 12.1 Å². The summed E-state index contributed by atoms with van der Waals surface area (Å²) in [5, 5.41) is 6.76. The standard InChI is InChI=1S/C22H34FN5O3/c1-27(2)21(29)15-26-22(24-13-17-7-10-31-16-17)25-14-20(28-8-11-30-12-9-28)18-3-5-19(23)6-4-18/h3-6,17,20H,7-16H2,1-2H3,(H2,24,25,26).